The van der Waals surface area contributed by atoms with Gasteiger partial charge in [-0.05, 0) is 36.1 Å². The van der Waals surface area contributed by atoms with Crippen LogP contribution in [0, 0.1) is 5.92 Å². The minimum Gasteiger partial charge on any atom is -0.504 e. The Hall–Kier alpha value is -1.97. The molecule has 1 rings (SSSR count). The van der Waals surface area contributed by atoms with Crippen LogP contribution in [0.5, 0.6) is 11.5 Å². The van der Waals surface area contributed by atoms with E-state index in [2.05, 4.69) is 13.8 Å². The van der Waals surface area contributed by atoms with Crippen LogP contribution in [0.2, 0.25) is 0 Å². The predicted molar refractivity (Wildman–Crippen MR) is 92.6 cm³/mol. The van der Waals surface area contributed by atoms with Crippen molar-refractivity contribution in [3.8, 4) is 11.5 Å². The largest absolute Gasteiger partial charge is 0.504 e. The fraction of sp³-hybridized carbons (Fsp3) is 0.526. The summed E-state index contributed by atoms with van der Waals surface area (Å²) < 4.78 is 10.2. The summed E-state index contributed by atoms with van der Waals surface area (Å²) in [6, 6.07) is 4.89. The van der Waals surface area contributed by atoms with Crippen molar-refractivity contribution in [1.82, 2.24) is 0 Å². The molecule has 0 aliphatic heterocycles. The van der Waals surface area contributed by atoms with Gasteiger partial charge in [0.1, 0.15) is 0 Å². The smallest absolute Gasteiger partial charge is 0.330 e. The molecule has 0 fully saturated rings. The summed E-state index contributed by atoms with van der Waals surface area (Å²) in [5.74, 6) is 0.863. The van der Waals surface area contributed by atoms with Crippen molar-refractivity contribution in [1.29, 1.82) is 0 Å². The van der Waals surface area contributed by atoms with Crippen molar-refractivity contribution >= 4 is 12.0 Å². The molecule has 1 aromatic carbocycles. The molecule has 1 N–H and O–H groups in total. The predicted octanol–water partition coefficient (Wildman–Crippen LogP) is 4.56. The van der Waals surface area contributed by atoms with Gasteiger partial charge in [0.05, 0.1) is 13.7 Å². The van der Waals surface area contributed by atoms with Gasteiger partial charge in [-0.1, -0.05) is 45.6 Å². The molecule has 23 heavy (non-hydrogen) atoms. The van der Waals surface area contributed by atoms with E-state index < -0.39 is 0 Å². The molecule has 0 aliphatic carbocycles. The molecule has 0 aromatic heterocycles. The second-order valence-electron chi connectivity index (χ2n) is 6.03. The number of ether oxygens (including phenoxy) is 2. The van der Waals surface area contributed by atoms with Crippen LogP contribution in [0.3, 0.4) is 0 Å². The van der Waals surface area contributed by atoms with Crippen molar-refractivity contribution in [3.63, 3.8) is 0 Å². The van der Waals surface area contributed by atoms with Crippen LogP contribution >= 0.6 is 0 Å². The van der Waals surface area contributed by atoms with Crippen molar-refractivity contribution < 1.29 is 19.4 Å². The molecule has 0 atom stereocenters. The first-order valence-corrected chi connectivity index (χ1v) is 8.24. The summed E-state index contributed by atoms with van der Waals surface area (Å²) in [7, 11) is 1.48. The summed E-state index contributed by atoms with van der Waals surface area (Å²) in [4.78, 5) is 11.6. The van der Waals surface area contributed by atoms with E-state index in [9.17, 15) is 9.90 Å². The van der Waals surface area contributed by atoms with E-state index in [1.807, 2.05) is 0 Å². The molecule has 128 valence electrons. The Labute approximate surface area is 139 Å². The highest BCUT2D eigenvalue weighted by Crippen LogP contribution is 2.26. The summed E-state index contributed by atoms with van der Waals surface area (Å²) in [5, 5.41) is 9.51. The summed E-state index contributed by atoms with van der Waals surface area (Å²) in [6.45, 7) is 4.93. The molecule has 0 heterocycles. The van der Waals surface area contributed by atoms with Gasteiger partial charge in [-0.15, -0.1) is 0 Å². The summed E-state index contributed by atoms with van der Waals surface area (Å²) >= 11 is 0. The Morgan fingerprint density at radius 1 is 1.22 bits per heavy atom. The molecule has 0 unspecified atom stereocenters. The molecule has 0 bridgehead atoms. The van der Waals surface area contributed by atoms with E-state index in [1.54, 1.807) is 18.2 Å². The zero-order valence-electron chi connectivity index (χ0n) is 14.4. The van der Waals surface area contributed by atoms with Crippen LogP contribution in [0.25, 0.3) is 6.08 Å². The average molecular weight is 320 g/mol. The molecule has 4 heteroatoms. The molecular formula is C19H28O4. The van der Waals surface area contributed by atoms with Crippen molar-refractivity contribution in [2.24, 2.45) is 5.92 Å². The van der Waals surface area contributed by atoms with Crippen LogP contribution in [0.4, 0.5) is 0 Å². The Morgan fingerprint density at radius 3 is 2.65 bits per heavy atom. The van der Waals surface area contributed by atoms with E-state index in [0.29, 0.717) is 12.4 Å². The molecule has 0 aliphatic rings. The van der Waals surface area contributed by atoms with E-state index in [-0.39, 0.29) is 11.7 Å². The molecule has 4 nitrogen and oxygen atoms in total. The van der Waals surface area contributed by atoms with Gasteiger partial charge in [-0.25, -0.2) is 4.79 Å². The minimum atomic E-state index is -0.348. The number of hydrogen-bond acceptors (Lipinski definition) is 4. The van der Waals surface area contributed by atoms with Crippen LogP contribution in [0.15, 0.2) is 24.3 Å². The number of aromatic hydroxyl groups is 1. The lowest BCUT2D eigenvalue weighted by molar-refractivity contribution is -0.137. The number of benzene rings is 1. The molecule has 0 spiro atoms. The number of carbonyl (C=O) groups excluding carboxylic acids is 1. The van der Waals surface area contributed by atoms with Crippen molar-refractivity contribution in [2.45, 2.75) is 46.0 Å². The molecule has 0 amide bonds. The van der Waals surface area contributed by atoms with E-state index in [0.717, 1.165) is 24.3 Å². The maximum Gasteiger partial charge on any atom is 0.330 e. The normalized spacial score (nSPS) is 11.1. The Kier molecular flexibility index (Phi) is 8.88. The number of methoxy groups -OCH3 is 1. The van der Waals surface area contributed by atoms with Crippen LogP contribution in [-0.4, -0.2) is 24.8 Å². The van der Waals surface area contributed by atoms with Crippen molar-refractivity contribution in [2.75, 3.05) is 13.7 Å². The number of unbranched alkanes of at least 4 members (excludes halogenated alkanes) is 3. The monoisotopic (exact) mass is 320 g/mol. The third kappa shape index (κ3) is 8.29. The van der Waals surface area contributed by atoms with E-state index in [1.165, 1.54) is 38.5 Å². The zero-order valence-corrected chi connectivity index (χ0v) is 14.4. The maximum atomic E-state index is 11.6. The second-order valence-corrected chi connectivity index (χ2v) is 6.03. The number of esters is 1. The average Bonchev–Trinajstić information content (AvgIpc) is 2.52. The lowest BCUT2D eigenvalue weighted by Crippen LogP contribution is -2.02. The molecule has 0 saturated carbocycles. The number of hydrogen-bond donors (Lipinski definition) is 1. The molecule has 0 radical (unpaired) electrons. The van der Waals surface area contributed by atoms with Gasteiger partial charge in [0.15, 0.2) is 11.5 Å². The van der Waals surface area contributed by atoms with Gasteiger partial charge >= 0.3 is 5.97 Å². The van der Waals surface area contributed by atoms with Crippen molar-refractivity contribution in [3.05, 3.63) is 29.8 Å². The Balaban J connectivity index is 2.23. The number of carbonyl (C=O) groups is 1. The Morgan fingerprint density at radius 2 is 1.96 bits per heavy atom. The van der Waals surface area contributed by atoms with Crippen LogP contribution in [-0.2, 0) is 9.53 Å². The molecular weight excluding hydrogens is 292 g/mol. The lowest BCUT2D eigenvalue weighted by Gasteiger charge is -2.05. The van der Waals surface area contributed by atoms with E-state index >= 15 is 0 Å². The first kappa shape index (κ1) is 19.1. The third-order valence-electron chi connectivity index (χ3n) is 3.54. The highest BCUT2D eigenvalue weighted by atomic mass is 16.5. The fourth-order valence-electron chi connectivity index (χ4n) is 2.19. The van der Waals surface area contributed by atoms with Gasteiger partial charge in [0.25, 0.3) is 0 Å². The number of phenolic OH excluding ortho intramolecular Hbond substituents is 1. The fourth-order valence-corrected chi connectivity index (χ4v) is 2.19. The number of phenols is 1. The minimum absolute atomic E-state index is 0.0738. The lowest BCUT2D eigenvalue weighted by atomic mass is 10.0. The van der Waals surface area contributed by atoms with Crippen LogP contribution in [0.1, 0.15) is 51.5 Å². The molecule has 0 saturated heterocycles. The summed E-state index contributed by atoms with van der Waals surface area (Å²) in [6.07, 6.45) is 8.74. The second kappa shape index (κ2) is 10.7. The van der Waals surface area contributed by atoms with Gasteiger partial charge < -0.3 is 14.6 Å². The Bertz CT molecular complexity index is 506. The van der Waals surface area contributed by atoms with Gasteiger partial charge in [-0.2, -0.15) is 0 Å². The SMILES string of the molecule is COc1cc(/C=C/C(=O)OCCCCCCC(C)C)ccc1O. The number of rotatable bonds is 10. The van der Waals surface area contributed by atoms with Crippen LogP contribution < -0.4 is 4.74 Å². The highest BCUT2D eigenvalue weighted by Gasteiger charge is 2.02. The first-order chi connectivity index (χ1) is 11.0. The van der Waals surface area contributed by atoms with E-state index in [4.69, 9.17) is 9.47 Å². The van der Waals surface area contributed by atoms with Gasteiger partial charge in [0.2, 0.25) is 0 Å². The summed E-state index contributed by atoms with van der Waals surface area (Å²) in [5.41, 5.74) is 0.769. The van der Waals surface area contributed by atoms with Gasteiger partial charge in [0, 0.05) is 6.08 Å². The maximum absolute atomic E-state index is 11.6. The first-order valence-electron chi connectivity index (χ1n) is 8.24. The standard InChI is InChI=1S/C19H28O4/c1-15(2)8-6-4-5-7-13-23-19(21)12-10-16-9-11-17(20)18(14-16)22-3/h9-12,14-15,20H,4-8,13H2,1-3H3/b12-10+. The zero-order chi connectivity index (χ0) is 17.1. The third-order valence-corrected chi connectivity index (χ3v) is 3.54. The van der Waals surface area contributed by atoms with Gasteiger partial charge in [-0.3, -0.25) is 0 Å². The quantitative estimate of drug-likeness (QED) is 0.390. The highest BCUT2D eigenvalue weighted by molar-refractivity contribution is 5.87. The molecule has 1 aromatic rings. The topological polar surface area (TPSA) is 55.8 Å².